The molecule has 0 amide bonds. The van der Waals surface area contributed by atoms with E-state index in [1.165, 1.54) is 31.5 Å². The molecule has 21 heavy (non-hydrogen) atoms. The molecule has 4 nitrogen and oxygen atoms in total. The van der Waals surface area contributed by atoms with Crippen molar-refractivity contribution in [3.8, 4) is 5.75 Å². The molecular formula is C17H23N3O. The maximum Gasteiger partial charge on any atom is 0.118 e. The minimum Gasteiger partial charge on any atom is -0.497 e. The van der Waals surface area contributed by atoms with Crippen LogP contribution in [0, 0.1) is 5.92 Å². The second-order valence-corrected chi connectivity index (χ2v) is 5.81. The highest BCUT2D eigenvalue weighted by Crippen LogP contribution is 2.22. The number of imidazole rings is 1. The third kappa shape index (κ3) is 3.85. The molecule has 112 valence electrons. The molecule has 4 heteroatoms. The molecule has 2 heterocycles. The number of rotatable bonds is 6. The van der Waals surface area contributed by atoms with Gasteiger partial charge in [-0.15, -0.1) is 0 Å². The molecule has 2 aromatic rings. The van der Waals surface area contributed by atoms with Crippen LogP contribution in [0.5, 0.6) is 5.75 Å². The van der Waals surface area contributed by atoms with Crippen molar-refractivity contribution in [1.82, 2.24) is 14.5 Å². The molecule has 0 aliphatic carbocycles. The molecule has 1 aliphatic rings. The van der Waals surface area contributed by atoms with Crippen LogP contribution in [-0.2, 0) is 13.0 Å². The van der Waals surface area contributed by atoms with Gasteiger partial charge in [0.2, 0.25) is 0 Å². The monoisotopic (exact) mass is 285 g/mol. The van der Waals surface area contributed by atoms with E-state index < -0.39 is 0 Å². The van der Waals surface area contributed by atoms with E-state index in [4.69, 9.17) is 4.74 Å². The fraction of sp³-hybridized carbons (Fsp3) is 0.471. The lowest BCUT2D eigenvalue weighted by Crippen LogP contribution is -2.25. The zero-order valence-electron chi connectivity index (χ0n) is 12.6. The predicted octanol–water partition coefficient (Wildman–Crippen LogP) is 2.46. The van der Waals surface area contributed by atoms with Crippen LogP contribution in [0.25, 0.3) is 0 Å². The Labute approximate surface area is 126 Å². The minimum absolute atomic E-state index is 0.779. The van der Waals surface area contributed by atoms with Crippen molar-refractivity contribution in [3.63, 3.8) is 0 Å². The summed E-state index contributed by atoms with van der Waals surface area (Å²) in [4.78, 5) is 6.65. The Bertz CT molecular complexity index is 536. The van der Waals surface area contributed by atoms with Gasteiger partial charge < -0.3 is 14.2 Å². The van der Waals surface area contributed by atoms with E-state index in [0.29, 0.717) is 0 Å². The van der Waals surface area contributed by atoms with Crippen molar-refractivity contribution in [2.45, 2.75) is 19.4 Å². The van der Waals surface area contributed by atoms with Gasteiger partial charge in [0, 0.05) is 32.0 Å². The van der Waals surface area contributed by atoms with Crippen LogP contribution in [-0.4, -0.2) is 41.2 Å². The Morgan fingerprint density at radius 3 is 2.81 bits per heavy atom. The lowest BCUT2D eigenvalue weighted by Gasteiger charge is -2.16. The second kappa shape index (κ2) is 6.76. The fourth-order valence-electron chi connectivity index (χ4n) is 3.05. The quantitative estimate of drug-likeness (QED) is 0.817. The number of aromatic nitrogens is 2. The van der Waals surface area contributed by atoms with E-state index in [1.54, 1.807) is 7.11 Å². The summed E-state index contributed by atoms with van der Waals surface area (Å²) in [6, 6.07) is 8.49. The van der Waals surface area contributed by atoms with Gasteiger partial charge in [-0.05, 0) is 43.0 Å². The largest absolute Gasteiger partial charge is 0.497 e. The number of likely N-dealkylation sites (tertiary alicyclic amines) is 1. The van der Waals surface area contributed by atoms with E-state index in [-0.39, 0.29) is 0 Å². The van der Waals surface area contributed by atoms with Crippen molar-refractivity contribution < 1.29 is 4.74 Å². The van der Waals surface area contributed by atoms with Crippen LogP contribution < -0.4 is 4.74 Å². The van der Waals surface area contributed by atoms with Gasteiger partial charge in [-0.3, -0.25) is 0 Å². The minimum atomic E-state index is 0.779. The summed E-state index contributed by atoms with van der Waals surface area (Å²) in [6.07, 6.45) is 8.24. The standard InChI is InChI=1S/C17H23N3O/c1-21-17-4-2-15(3-5-17)12-16-6-8-19(13-16)10-11-20-9-7-18-14-20/h2-5,7,9,14,16H,6,8,10-13H2,1H3. The van der Waals surface area contributed by atoms with E-state index >= 15 is 0 Å². The topological polar surface area (TPSA) is 30.3 Å². The molecule has 1 fully saturated rings. The van der Waals surface area contributed by atoms with Gasteiger partial charge in [-0.1, -0.05) is 12.1 Å². The number of ether oxygens (including phenoxy) is 1. The van der Waals surface area contributed by atoms with Gasteiger partial charge in [0.05, 0.1) is 13.4 Å². The zero-order chi connectivity index (χ0) is 14.5. The Kier molecular flexibility index (Phi) is 4.55. The molecule has 1 aromatic carbocycles. The molecule has 1 aliphatic heterocycles. The third-order valence-corrected chi connectivity index (χ3v) is 4.29. The Balaban J connectivity index is 1.45. The Hall–Kier alpha value is -1.81. The van der Waals surface area contributed by atoms with Crippen molar-refractivity contribution in [2.75, 3.05) is 26.7 Å². The first kappa shape index (κ1) is 14.1. The van der Waals surface area contributed by atoms with Crippen LogP contribution in [0.2, 0.25) is 0 Å². The molecule has 1 saturated heterocycles. The molecule has 1 atom stereocenters. The highest BCUT2D eigenvalue weighted by atomic mass is 16.5. The third-order valence-electron chi connectivity index (χ3n) is 4.29. The summed E-state index contributed by atoms with van der Waals surface area (Å²) in [5.74, 6) is 1.72. The van der Waals surface area contributed by atoms with Crippen LogP contribution in [0.4, 0.5) is 0 Å². The van der Waals surface area contributed by atoms with Gasteiger partial charge >= 0.3 is 0 Å². The molecule has 0 spiro atoms. The summed E-state index contributed by atoms with van der Waals surface area (Å²) in [6.45, 7) is 4.58. The van der Waals surface area contributed by atoms with Gasteiger partial charge in [0.25, 0.3) is 0 Å². The van der Waals surface area contributed by atoms with Gasteiger partial charge in [0.15, 0.2) is 0 Å². The van der Waals surface area contributed by atoms with E-state index in [9.17, 15) is 0 Å². The first-order valence-corrected chi connectivity index (χ1v) is 7.64. The molecule has 0 saturated carbocycles. The zero-order valence-corrected chi connectivity index (χ0v) is 12.6. The number of hydrogen-bond donors (Lipinski definition) is 0. The maximum atomic E-state index is 5.21. The molecule has 1 unspecified atom stereocenters. The first-order chi connectivity index (χ1) is 10.3. The molecule has 0 N–H and O–H groups in total. The normalized spacial score (nSPS) is 19.0. The maximum absolute atomic E-state index is 5.21. The number of methoxy groups -OCH3 is 1. The van der Waals surface area contributed by atoms with E-state index in [0.717, 1.165) is 24.8 Å². The fourth-order valence-corrected chi connectivity index (χ4v) is 3.05. The number of hydrogen-bond acceptors (Lipinski definition) is 3. The smallest absolute Gasteiger partial charge is 0.118 e. The summed E-state index contributed by atoms with van der Waals surface area (Å²) in [5, 5.41) is 0. The van der Waals surface area contributed by atoms with Crippen molar-refractivity contribution in [3.05, 3.63) is 48.5 Å². The van der Waals surface area contributed by atoms with E-state index in [1.807, 2.05) is 18.7 Å². The highest BCUT2D eigenvalue weighted by molar-refractivity contribution is 5.27. The lowest BCUT2D eigenvalue weighted by atomic mass is 9.99. The van der Waals surface area contributed by atoms with Crippen LogP contribution in [0.1, 0.15) is 12.0 Å². The summed E-state index contributed by atoms with van der Waals surface area (Å²) in [7, 11) is 1.71. The van der Waals surface area contributed by atoms with Crippen LogP contribution in [0.3, 0.4) is 0 Å². The van der Waals surface area contributed by atoms with Crippen molar-refractivity contribution >= 4 is 0 Å². The molecule has 1 aromatic heterocycles. The van der Waals surface area contributed by atoms with Crippen molar-refractivity contribution in [1.29, 1.82) is 0 Å². The lowest BCUT2D eigenvalue weighted by molar-refractivity contribution is 0.309. The van der Waals surface area contributed by atoms with Gasteiger partial charge in [-0.25, -0.2) is 4.98 Å². The van der Waals surface area contributed by atoms with Crippen molar-refractivity contribution in [2.24, 2.45) is 5.92 Å². The molecular weight excluding hydrogens is 262 g/mol. The van der Waals surface area contributed by atoms with Gasteiger partial charge in [0.1, 0.15) is 5.75 Å². The predicted molar refractivity (Wildman–Crippen MR) is 83.5 cm³/mol. The van der Waals surface area contributed by atoms with Gasteiger partial charge in [-0.2, -0.15) is 0 Å². The van der Waals surface area contributed by atoms with E-state index in [2.05, 4.69) is 38.7 Å². The van der Waals surface area contributed by atoms with Crippen LogP contribution >= 0.6 is 0 Å². The highest BCUT2D eigenvalue weighted by Gasteiger charge is 2.22. The molecule has 3 rings (SSSR count). The first-order valence-electron chi connectivity index (χ1n) is 7.64. The summed E-state index contributed by atoms with van der Waals surface area (Å²) < 4.78 is 7.36. The molecule has 0 radical (unpaired) electrons. The summed E-state index contributed by atoms with van der Waals surface area (Å²) >= 11 is 0. The second-order valence-electron chi connectivity index (χ2n) is 5.81. The number of benzene rings is 1. The summed E-state index contributed by atoms with van der Waals surface area (Å²) in [5.41, 5.74) is 1.41. The SMILES string of the molecule is COc1ccc(CC2CCN(CCn3ccnc3)C2)cc1. The average Bonchev–Trinajstić information content (AvgIpc) is 3.17. The Morgan fingerprint density at radius 2 is 2.10 bits per heavy atom. The Morgan fingerprint density at radius 1 is 1.24 bits per heavy atom. The van der Waals surface area contributed by atoms with Crippen LogP contribution in [0.15, 0.2) is 43.0 Å². The molecule has 0 bridgehead atoms. The average molecular weight is 285 g/mol. The number of nitrogens with zero attached hydrogens (tertiary/aromatic N) is 3.